The highest BCUT2D eigenvalue weighted by molar-refractivity contribution is 5.90. The van der Waals surface area contributed by atoms with Crippen molar-refractivity contribution in [1.82, 2.24) is 15.2 Å². The number of nitrogens with one attached hydrogen (secondary N) is 1. The number of benzene rings is 1. The molecule has 0 saturated heterocycles. The van der Waals surface area contributed by atoms with Crippen LogP contribution in [0, 0.1) is 11.3 Å². The van der Waals surface area contributed by atoms with E-state index in [1.165, 1.54) is 7.11 Å². The number of H-pyrrole nitrogens is 1. The second-order valence-corrected chi connectivity index (χ2v) is 4.37. The maximum absolute atomic E-state index is 11.3. The Labute approximate surface area is 120 Å². The van der Waals surface area contributed by atoms with Gasteiger partial charge in [0.2, 0.25) is 0 Å². The van der Waals surface area contributed by atoms with Gasteiger partial charge in [0.25, 0.3) is 0 Å². The lowest BCUT2D eigenvalue weighted by Gasteiger charge is -2.02. The average Bonchev–Trinajstić information content (AvgIpc) is 2.96. The van der Waals surface area contributed by atoms with Crippen LogP contribution >= 0.6 is 0 Å². The smallest absolute Gasteiger partial charge is 0.358 e. The van der Waals surface area contributed by atoms with E-state index in [9.17, 15) is 4.79 Å². The standard InChI is InChI=1S/C15H10N4O2/c1-21-15(20)14-5-4-12(18-19-14)9-2-3-13-11(6-9)10(7-16)8-17-13/h2-6,8,17H,1H3. The highest BCUT2D eigenvalue weighted by Gasteiger charge is 2.10. The van der Waals surface area contributed by atoms with Gasteiger partial charge in [-0.05, 0) is 24.3 Å². The molecular weight excluding hydrogens is 268 g/mol. The lowest BCUT2D eigenvalue weighted by Crippen LogP contribution is -2.05. The van der Waals surface area contributed by atoms with Gasteiger partial charge in [0, 0.05) is 22.7 Å². The number of carbonyl (C=O) groups excluding carboxylic acids is 1. The molecule has 21 heavy (non-hydrogen) atoms. The Morgan fingerprint density at radius 3 is 2.81 bits per heavy atom. The lowest BCUT2D eigenvalue weighted by atomic mass is 10.1. The molecule has 0 aliphatic carbocycles. The molecule has 3 aromatic rings. The van der Waals surface area contributed by atoms with Gasteiger partial charge in [-0.3, -0.25) is 0 Å². The molecule has 0 atom stereocenters. The number of nitriles is 1. The number of hydrogen-bond acceptors (Lipinski definition) is 5. The summed E-state index contributed by atoms with van der Waals surface area (Å²) in [7, 11) is 1.29. The molecular formula is C15H10N4O2. The summed E-state index contributed by atoms with van der Waals surface area (Å²) in [6.07, 6.45) is 1.67. The number of aromatic nitrogens is 3. The fraction of sp³-hybridized carbons (Fsp3) is 0.0667. The number of carbonyl (C=O) groups is 1. The molecule has 0 amide bonds. The van der Waals surface area contributed by atoms with Gasteiger partial charge in [0.05, 0.1) is 18.4 Å². The van der Waals surface area contributed by atoms with Gasteiger partial charge in [-0.1, -0.05) is 6.07 Å². The minimum atomic E-state index is -0.526. The molecule has 2 heterocycles. The van der Waals surface area contributed by atoms with Crippen molar-refractivity contribution in [3.05, 3.63) is 47.8 Å². The van der Waals surface area contributed by atoms with E-state index in [1.807, 2.05) is 18.2 Å². The van der Waals surface area contributed by atoms with E-state index < -0.39 is 5.97 Å². The molecule has 0 aliphatic rings. The molecule has 0 aliphatic heterocycles. The van der Waals surface area contributed by atoms with Gasteiger partial charge in [-0.15, -0.1) is 10.2 Å². The van der Waals surface area contributed by atoms with Crippen LogP contribution in [-0.4, -0.2) is 28.3 Å². The molecule has 1 N–H and O–H groups in total. The van der Waals surface area contributed by atoms with E-state index in [-0.39, 0.29) is 5.69 Å². The fourth-order valence-electron chi connectivity index (χ4n) is 2.07. The minimum absolute atomic E-state index is 0.154. The fourth-order valence-corrected chi connectivity index (χ4v) is 2.07. The highest BCUT2D eigenvalue weighted by Crippen LogP contribution is 2.24. The van der Waals surface area contributed by atoms with E-state index in [2.05, 4.69) is 26.0 Å². The quantitative estimate of drug-likeness (QED) is 0.726. The third-order valence-electron chi connectivity index (χ3n) is 3.16. The van der Waals surface area contributed by atoms with Gasteiger partial charge >= 0.3 is 5.97 Å². The largest absolute Gasteiger partial charge is 0.464 e. The van der Waals surface area contributed by atoms with Crippen LogP contribution in [0.2, 0.25) is 0 Å². The van der Waals surface area contributed by atoms with Crippen LogP contribution in [0.1, 0.15) is 16.1 Å². The number of ether oxygens (including phenoxy) is 1. The van der Waals surface area contributed by atoms with Crippen molar-refractivity contribution in [2.45, 2.75) is 0 Å². The molecule has 3 rings (SSSR count). The van der Waals surface area contributed by atoms with Crippen molar-refractivity contribution < 1.29 is 9.53 Å². The van der Waals surface area contributed by atoms with E-state index in [4.69, 9.17) is 5.26 Å². The summed E-state index contributed by atoms with van der Waals surface area (Å²) in [5.74, 6) is -0.526. The Bertz CT molecular complexity index is 860. The second kappa shape index (κ2) is 5.06. The molecule has 0 spiro atoms. The highest BCUT2D eigenvalue weighted by atomic mass is 16.5. The van der Waals surface area contributed by atoms with Crippen molar-refractivity contribution in [1.29, 1.82) is 5.26 Å². The van der Waals surface area contributed by atoms with Crippen LogP contribution in [0.5, 0.6) is 0 Å². The van der Waals surface area contributed by atoms with Crippen LogP contribution in [0.25, 0.3) is 22.2 Å². The number of nitrogens with zero attached hydrogens (tertiary/aromatic N) is 3. The first-order valence-corrected chi connectivity index (χ1v) is 6.16. The molecule has 2 aromatic heterocycles. The predicted octanol–water partition coefficient (Wildman–Crippen LogP) is 2.28. The monoisotopic (exact) mass is 278 g/mol. The average molecular weight is 278 g/mol. The second-order valence-electron chi connectivity index (χ2n) is 4.37. The van der Waals surface area contributed by atoms with Gasteiger partial charge < -0.3 is 9.72 Å². The third kappa shape index (κ3) is 2.21. The summed E-state index contributed by atoms with van der Waals surface area (Å²) in [6.45, 7) is 0. The number of fused-ring (bicyclic) bond motifs is 1. The van der Waals surface area contributed by atoms with Crippen molar-refractivity contribution in [2.24, 2.45) is 0 Å². The molecule has 102 valence electrons. The first-order valence-electron chi connectivity index (χ1n) is 6.16. The lowest BCUT2D eigenvalue weighted by molar-refractivity contribution is 0.0592. The van der Waals surface area contributed by atoms with Gasteiger partial charge in [0.15, 0.2) is 5.69 Å². The zero-order chi connectivity index (χ0) is 14.8. The minimum Gasteiger partial charge on any atom is -0.464 e. The summed E-state index contributed by atoms with van der Waals surface area (Å²) in [4.78, 5) is 14.3. The molecule has 6 heteroatoms. The van der Waals surface area contributed by atoms with E-state index in [1.54, 1.807) is 18.3 Å². The van der Waals surface area contributed by atoms with Gasteiger partial charge in [0.1, 0.15) is 6.07 Å². The normalized spacial score (nSPS) is 10.3. The van der Waals surface area contributed by atoms with Crippen molar-refractivity contribution >= 4 is 16.9 Å². The van der Waals surface area contributed by atoms with Crippen molar-refractivity contribution in [3.8, 4) is 17.3 Å². The molecule has 6 nitrogen and oxygen atoms in total. The summed E-state index contributed by atoms with van der Waals surface area (Å²) in [5.41, 5.74) is 3.05. The zero-order valence-electron chi connectivity index (χ0n) is 11.1. The van der Waals surface area contributed by atoms with Crippen LogP contribution < -0.4 is 0 Å². The maximum Gasteiger partial charge on any atom is 0.358 e. The Balaban J connectivity index is 2.04. The van der Waals surface area contributed by atoms with Crippen molar-refractivity contribution in [3.63, 3.8) is 0 Å². The van der Waals surface area contributed by atoms with Crippen molar-refractivity contribution in [2.75, 3.05) is 7.11 Å². The molecule has 0 unspecified atom stereocenters. The topological polar surface area (TPSA) is 91.7 Å². The molecule has 0 radical (unpaired) electrons. The summed E-state index contributed by atoms with van der Waals surface area (Å²) >= 11 is 0. The predicted molar refractivity (Wildman–Crippen MR) is 75.4 cm³/mol. The third-order valence-corrected chi connectivity index (χ3v) is 3.16. The van der Waals surface area contributed by atoms with E-state index in [0.29, 0.717) is 11.3 Å². The number of esters is 1. The van der Waals surface area contributed by atoms with Crippen LogP contribution in [0.4, 0.5) is 0 Å². The van der Waals surface area contributed by atoms with Gasteiger partial charge in [-0.2, -0.15) is 5.26 Å². The summed E-state index contributed by atoms with van der Waals surface area (Å²) in [5, 5.41) is 17.7. The SMILES string of the molecule is COC(=O)c1ccc(-c2ccc3[nH]cc(C#N)c3c2)nn1. The zero-order valence-corrected chi connectivity index (χ0v) is 11.1. The first kappa shape index (κ1) is 12.8. The molecule has 1 aromatic carbocycles. The molecule has 0 saturated carbocycles. The summed E-state index contributed by atoms with van der Waals surface area (Å²) in [6, 6.07) is 11.0. The first-order chi connectivity index (χ1) is 10.2. The molecule has 0 fully saturated rings. The van der Waals surface area contributed by atoms with Crippen LogP contribution in [0.15, 0.2) is 36.5 Å². The number of methoxy groups -OCH3 is 1. The molecule has 0 bridgehead atoms. The number of rotatable bonds is 2. The van der Waals surface area contributed by atoms with Crippen LogP contribution in [-0.2, 0) is 4.74 Å². The Kier molecular flexibility index (Phi) is 3.09. The van der Waals surface area contributed by atoms with Gasteiger partial charge in [-0.25, -0.2) is 4.79 Å². The Morgan fingerprint density at radius 2 is 2.14 bits per heavy atom. The number of hydrogen-bond donors (Lipinski definition) is 1. The van der Waals surface area contributed by atoms with E-state index >= 15 is 0 Å². The van der Waals surface area contributed by atoms with E-state index in [0.717, 1.165) is 16.5 Å². The Hall–Kier alpha value is -3.20. The maximum atomic E-state index is 11.3. The Morgan fingerprint density at radius 1 is 1.29 bits per heavy atom. The summed E-state index contributed by atoms with van der Waals surface area (Å²) < 4.78 is 4.58. The van der Waals surface area contributed by atoms with Crippen LogP contribution in [0.3, 0.4) is 0 Å². The number of aromatic amines is 1.